The molecule has 0 bridgehead atoms. The van der Waals surface area contributed by atoms with Gasteiger partial charge in [0.15, 0.2) is 0 Å². The van der Waals surface area contributed by atoms with Crippen molar-refractivity contribution >= 4 is 28.9 Å². The summed E-state index contributed by atoms with van der Waals surface area (Å²) in [6.07, 6.45) is -0.144. The van der Waals surface area contributed by atoms with E-state index in [1.165, 1.54) is 12.1 Å². The van der Waals surface area contributed by atoms with Crippen LogP contribution in [-0.2, 0) is 26.4 Å². The predicted octanol–water partition coefficient (Wildman–Crippen LogP) is 4.48. The summed E-state index contributed by atoms with van der Waals surface area (Å²) >= 11 is 4.63. The molecule has 2 unspecified atom stereocenters. The van der Waals surface area contributed by atoms with Crippen LogP contribution in [0.1, 0.15) is 60.5 Å². The van der Waals surface area contributed by atoms with Gasteiger partial charge in [-0.15, -0.1) is 4.72 Å². The molecular formula is C18H27ClFNO3S. The maximum Gasteiger partial charge on any atom is 0.308 e. The minimum absolute atomic E-state index is 0.105. The number of halogens is 2. The predicted molar refractivity (Wildman–Crippen MR) is 100 cm³/mol. The van der Waals surface area contributed by atoms with Crippen LogP contribution in [0.5, 0.6) is 0 Å². The first kappa shape index (κ1) is 22.2. The Hall–Kier alpha value is -0.820. The fourth-order valence-corrected chi connectivity index (χ4v) is 3.37. The van der Waals surface area contributed by atoms with Gasteiger partial charge in [-0.2, -0.15) is 0 Å². The summed E-state index contributed by atoms with van der Waals surface area (Å²) in [6.45, 7) is 12.4. The molecule has 0 spiro atoms. The zero-order valence-electron chi connectivity index (χ0n) is 15.8. The zero-order chi connectivity index (χ0) is 19.6. The number of benzene rings is 1. The monoisotopic (exact) mass is 391 g/mol. The van der Waals surface area contributed by atoms with E-state index >= 15 is 0 Å². The molecule has 4 nitrogen and oxygen atoms in total. The van der Waals surface area contributed by atoms with Crippen molar-refractivity contribution in [1.82, 2.24) is 4.72 Å². The minimum atomic E-state index is -1.50. The van der Waals surface area contributed by atoms with Crippen LogP contribution in [0, 0.1) is 5.82 Å². The maximum atomic E-state index is 13.9. The van der Waals surface area contributed by atoms with E-state index < -0.39 is 39.0 Å². The molecule has 0 amide bonds. The Morgan fingerprint density at radius 3 is 2.28 bits per heavy atom. The molecule has 0 heterocycles. The van der Waals surface area contributed by atoms with Gasteiger partial charge in [0.2, 0.25) is 0 Å². The number of hydrogen-bond acceptors (Lipinski definition) is 4. The van der Waals surface area contributed by atoms with Crippen LogP contribution in [-0.4, -0.2) is 20.9 Å². The first-order valence-corrected chi connectivity index (χ1v) is 9.54. The van der Waals surface area contributed by atoms with Crippen molar-refractivity contribution < 1.29 is 18.5 Å². The molecule has 0 aliphatic heterocycles. The third-order valence-corrected chi connectivity index (χ3v) is 5.47. The molecule has 7 heteroatoms. The van der Waals surface area contributed by atoms with Gasteiger partial charge in [-0.25, -0.2) is 4.39 Å². The molecule has 0 saturated carbocycles. The Labute approximate surface area is 157 Å². The van der Waals surface area contributed by atoms with Crippen LogP contribution < -0.4 is 4.72 Å². The smallest absolute Gasteiger partial charge is 0.308 e. The molecule has 142 valence electrons. The highest BCUT2D eigenvalue weighted by molar-refractivity contribution is 7.90. The summed E-state index contributed by atoms with van der Waals surface area (Å²) in [5.41, 5.74) is -1.45. The first-order valence-electron chi connectivity index (χ1n) is 8.02. The van der Waals surface area contributed by atoms with Crippen LogP contribution in [0.15, 0.2) is 18.2 Å². The fraction of sp³-hybridized carbons (Fsp3) is 0.611. The first-order chi connectivity index (χ1) is 11.2. The molecule has 1 rings (SSSR count). The summed E-state index contributed by atoms with van der Waals surface area (Å²) in [4.78, 5) is 12.4. The molecule has 0 fully saturated rings. The summed E-state index contributed by atoms with van der Waals surface area (Å²) in [7, 11) is 0. The fourth-order valence-electron chi connectivity index (χ4n) is 2.14. The highest BCUT2D eigenvalue weighted by atomic mass is 35.5. The molecule has 0 saturated heterocycles. The summed E-state index contributed by atoms with van der Waals surface area (Å²) in [5, 5.41) is -0.105. The van der Waals surface area contributed by atoms with Gasteiger partial charge in [0.25, 0.3) is 0 Å². The van der Waals surface area contributed by atoms with Crippen molar-refractivity contribution in [3.8, 4) is 0 Å². The maximum absolute atomic E-state index is 13.9. The van der Waals surface area contributed by atoms with Gasteiger partial charge >= 0.3 is 5.97 Å². The minimum Gasteiger partial charge on any atom is -0.598 e. The Morgan fingerprint density at radius 2 is 1.80 bits per heavy atom. The molecule has 1 aromatic rings. The van der Waals surface area contributed by atoms with Crippen LogP contribution >= 0.6 is 11.6 Å². The van der Waals surface area contributed by atoms with Crippen LogP contribution in [0.3, 0.4) is 0 Å². The van der Waals surface area contributed by atoms with Crippen molar-refractivity contribution in [3.63, 3.8) is 0 Å². The highest BCUT2D eigenvalue weighted by Crippen LogP contribution is 2.35. The van der Waals surface area contributed by atoms with E-state index in [0.29, 0.717) is 5.56 Å². The van der Waals surface area contributed by atoms with E-state index in [0.717, 1.165) is 0 Å². The number of carbonyl (C=O) groups is 1. The number of rotatable bonds is 5. The van der Waals surface area contributed by atoms with Crippen LogP contribution in [0.2, 0.25) is 5.02 Å². The molecule has 1 aromatic carbocycles. The lowest BCUT2D eigenvalue weighted by Gasteiger charge is -2.35. The molecule has 0 aromatic heterocycles. The van der Waals surface area contributed by atoms with Gasteiger partial charge in [-0.1, -0.05) is 23.7 Å². The number of nitrogens with one attached hydrogen (secondary N) is 1. The SMILES string of the molecule is CC(C)(C)OC(=O)CC(C)(N[S+]([O-])C(C)(C)C)c1cccc(F)c1Cl. The molecule has 0 aliphatic carbocycles. The van der Waals surface area contributed by atoms with Gasteiger partial charge in [0.1, 0.15) is 16.2 Å². The molecule has 2 atom stereocenters. The lowest BCUT2D eigenvalue weighted by Crippen LogP contribution is -2.51. The Kier molecular flexibility index (Phi) is 6.95. The third kappa shape index (κ3) is 6.44. The van der Waals surface area contributed by atoms with E-state index in [1.54, 1.807) is 54.5 Å². The summed E-state index contributed by atoms with van der Waals surface area (Å²) in [5.74, 6) is -1.09. The van der Waals surface area contributed by atoms with Crippen LogP contribution in [0.25, 0.3) is 0 Å². The van der Waals surface area contributed by atoms with Crippen LogP contribution in [0.4, 0.5) is 4.39 Å². The average molecular weight is 392 g/mol. The third-order valence-electron chi connectivity index (χ3n) is 3.34. The summed E-state index contributed by atoms with van der Waals surface area (Å²) < 4.78 is 34.3. The number of ether oxygens (including phenoxy) is 1. The topological polar surface area (TPSA) is 61.4 Å². The van der Waals surface area contributed by atoms with Gasteiger partial charge < -0.3 is 9.29 Å². The van der Waals surface area contributed by atoms with Crippen molar-refractivity contribution in [1.29, 1.82) is 0 Å². The number of carbonyl (C=O) groups excluding carboxylic acids is 1. The van der Waals surface area contributed by atoms with Gasteiger partial charge in [0.05, 0.1) is 17.0 Å². The lowest BCUT2D eigenvalue weighted by molar-refractivity contribution is -0.156. The Balaban J connectivity index is 3.26. The Morgan fingerprint density at radius 1 is 1.24 bits per heavy atom. The second-order valence-electron chi connectivity index (χ2n) is 8.18. The average Bonchev–Trinajstić information content (AvgIpc) is 2.37. The largest absolute Gasteiger partial charge is 0.598 e. The highest BCUT2D eigenvalue weighted by Gasteiger charge is 2.41. The van der Waals surface area contributed by atoms with E-state index in [1.807, 2.05) is 0 Å². The van der Waals surface area contributed by atoms with Gasteiger partial charge in [-0.05, 0) is 60.1 Å². The van der Waals surface area contributed by atoms with Crippen molar-refractivity contribution in [2.24, 2.45) is 0 Å². The van der Waals surface area contributed by atoms with E-state index in [-0.39, 0.29) is 11.4 Å². The number of hydrogen-bond donors (Lipinski definition) is 1. The summed E-state index contributed by atoms with van der Waals surface area (Å²) in [6, 6.07) is 4.36. The quantitative estimate of drug-likeness (QED) is 0.593. The standard InChI is InChI=1S/C18H27ClFNO3S/c1-16(2,3)24-14(22)11-18(7,21-25(23)17(4,5)6)12-9-8-10-13(20)15(12)19/h8-10,21H,11H2,1-7H3. The molecule has 25 heavy (non-hydrogen) atoms. The molecule has 0 aliphatic rings. The zero-order valence-corrected chi connectivity index (χ0v) is 17.4. The molecule has 1 N–H and O–H groups in total. The van der Waals surface area contributed by atoms with E-state index in [9.17, 15) is 13.7 Å². The molecular weight excluding hydrogens is 365 g/mol. The molecule has 0 radical (unpaired) electrons. The van der Waals surface area contributed by atoms with Gasteiger partial charge in [-0.3, -0.25) is 4.79 Å². The second kappa shape index (κ2) is 7.82. The van der Waals surface area contributed by atoms with E-state index in [4.69, 9.17) is 16.3 Å². The normalized spacial score (nSPS) is 16.2. The number of esters is 1. The van der Waals surface area contributed by atoms with Crippen molar-refractivity contribution in [2.45, 2.75) is 70.8 Å². The lowest BCUT2D eigenvalue weighted by atomic mass is 9.89. The van der Waals surface area contributed by atoms with Crippen molar-refractivity contribution in [3.05, 3.63) is 34.6 Å². The van der Waals surface area contributed by atoms with E-state index in [2.05, 4.69) is 4.72 Å². The van der Waals surface area contributed by atoms with Crippen molar-refractivity contribution in [2.75, 3.05) is 0 Å². The van der Waals surface area contributed by atoms with Gasteiger partial charge in [0, 0.05) is 11.4 Å². The second-order valence-corrected chi connectivity index (χ2v) is 10.5. The Bertz CT molecular complexity index is 628.